The fourth-order valence-electron chi connectivity index (χ4n) is 9.37. The van der Waals surface area contributed by atoms with Gasteiger partial charge in [0, 0.05) is 36.6 Å². The number of rotatable bonds is 12. The van der Waals surface area contributed by atoms with Crippen molar-refractivity contribution >= 4 is 11.8 Å². The number of amides is 2. The van der Waals surface area contributed by atoms with Crippen LogP contribution in [-0.4, -0.2) is 92.6 Å². The van der Waals surface area contributed by atoms with Gasteiger partial charge in [-0.3, -0.25) is 19.4 Å². The zero-order valence-electron chi connectivity index (χ0n) is 35.9. The van der Waals surface area contributed by atoms with Crippen molar-refractivity contribution in [2.24, 2.45) is 0 Å². The van der Waals surface area contributed by atoms with E-state index in [0.29, 0.717) is 0 Å². The summed E-state index contributed by atoms with van der Waals surface area (Å²) in [5.74, 6) is 1.88. The van der Waals surface area contributed by atoms with Gasteiger partial charge in [-0.15, -0.1) is 0 Å². The Balaban J connectivity index is 0.838. The fourth-order valence-corrected chi connectivity index (χ4v) is 9.37. The second-order valence-corrected chi connectivity index (χ2v) is 17.0. The molecule has 4 heterocycles. The molecule has 10 nitrogen and oxygen atoms in total. The molecule has 4 atom stereocenters. The van der Waals surface area contributed by atoms with E-state index in [0.717, 1.165) is 106 Å². The number of likely N-dealkylation sites (tertiary alicyclic amines) is 2. The number of carbonyl (C=O) groups excluding carboxylic acids is 2. The van der Waals surface area contributed by atoms with Crippen LogP contribution in [0.15, 0.2) is 146 Å². The molecule has 7 aromatic rings. The van der Waals surface area contributed by atoms with E-state index in [4.69, 9.17) is 9.97 Å². The van der Waals surface area contributed by atoms with Gasteiger partial charge in [-0.1, -0.05) is 133 Å². The molecule has 2 aliphatic rings. The molecule has 62 heavy (non-hydrogen) atoms. The lowest BCUT2D eigenvalue weighted by atomic mass is 9.98. The lowest BCUT2D eigenvalue weighted by Gasteiger charge is -2.31. The van der Waals surface area contributed by atoms with Gasteiger partial charge in [0.05, 0.1) is 23.5 Å². The number of nitrogens with one attached hydrogen (secondary N) is 2. The topological polar surface area (TPSA) is 104 Å². The monoisotopic (exact) mass is 822 g/mol. The highest BCUT2D eigenvalue weighted by Crippen LogP contribution is 2.37. The summed E-state index contributed by atoms with van der Waals surface area (Å²) in [5, 5.41) is 0. The first-order chi connectivity index (χ1) is 30.2. The first-order valence-corrected chi connectivity index (χ1v) is 21.7. The quantitative estimate of drug-likeness (QED) is 0.127. The van der Waals surface area contributed by atoms with Gasteiger partial charge in [-0.25, -0.2) is 9.97 Å². The zero-order valence-corrected chi connectivity index (χ0v) is 35.9. The summed E-state index contributed by atoms with van der Waals surface area (Å²) in [6.07, 6.45) is 7.58. The number of benzene rings is 5. The van der Waals surface area contributed by atoms with Crippen LogP contribution in [0.1, 0.15) is 72.6 Å². The smallest absolute Gasteiger partial charge is 0.245 e. The molecule has 0 unspecified atom stereocenters. The van der Waals surface area contributed by atoms with Gasteiger partial charge in [0.25, 0.3) is 0 Å². The Kier molecular flexibility index (Phi) is 11.7. The lowest BCUT2D eigenvalue weighted by Crippen LogP contribution is -2.40. The molecule has 10 heteroatoms. The van der Waals surface area contributed by atoms with E-state index in [1.807, 2.05) is 121 Å². The largest absolute Gasteiger partial charge is 0.346 e. The number of aromatic amines is 2. The minimum absolute atomic E-state index is 0.0805. The van der Waals surface area contributed by atoms with E-state index in [9.17, 15) is 9.59 Å². The number of H-pyrrole nitrogens is 2. The van der Waals surface area contributed by atoms with Gasteiger partial charge in [0.15, 0.2) is 0 Å². The van der Waals surface area contributed by atoms with Crippen molar-refractivity contribution in [2.75, 3.05) is 41.3 Å². The second kappa shape index (κ2) is 17.8. The van der Waals surface area contributed by atoms with Crippen molar-refractivity contribution in [3.05, 3.63) is 169 Å². The van der Waals surface area contributed by atoms with Gasteiger partial charge in [0.1, 0.15) is 23.7 Å². The summed E-state index contributed by atoms with van der Waals surface area (Å²) < 4.78 is 0. The Morgan fingerprint density at radius 2 is 0.823 bits per heavy atom. The number of carbonyl (C=O) groups is 2. The molecule has 2 aliphatic heterocycles. The standard InChI is InChI=1S/C52H54N8O2/c1-57(2)47(41-13-7-5-8-14-41)51(61)59-31-11-17-45(59)49-53-33-43(55-49)39-27-23-37(24-28-39)35-19-21-36(22-20-35)38-25-29-40(30-26-38)44-34-54-50(56-44)46-18-12-32-60(46)52(62)48(58(3)4)42-15-9-6-10-16-42/h5-10,13-16,19-30,33-34,45-48H,11-12,17-18,31-32H2,1-4H3,(H,53,55)(H,54,56)/t45-,46-,47+,48+/m0/s1. The molecule has 2 aromatic heterocycles. The molecule has 0 radical (unpaired) electrons. The van der Waals surface area contributed by atoms with Crippen LogP contribution in [0.2, 0.25) is 0 Å². The summed E-state index contributed by atoms with van der Waals surface area (Å²) in [5.41, 5.74) is 10.3. The fraction of sp³-hybridized carbons (Fsp3) is 0.269. The third-order valence-electron chi connectivity index (χ3n) is 12.5. The predicted octanol–water partition coefficient (Wildman–Crippen LogP) is 9.73. The van der Waals surface area contributed by atoms with E-state index < -0.39 is 0 Å². The Bertz CT molecular complexity index is 2420. The minimum atomic E-state index is -0.341. The first-order valence-electron chi connectivity index (χ1n) is 21.7. The normalized spacial score (nSPS) is 17.5. The maximum atomic E-state index is 13.9. The van der Waals surface area contributed by atoms with Gasteiger partial charge < -0.3 is 19.8 Å². The highest BCUT2D eigenvalue weighted by Gasteiger charge is 2.38. The second-order valence-electron chi connectivity index (χ2n) is 17.0. The third kappa shape index (κ3) is 8.23. The van der Waals surface area contributed by atoms with Crippen LogP contribution in [-0.2, 0) is 9.59 Å². The molecule has 314 valence electrons. The van der Waals surface area contributed by atoms with Crippen molar-refractivity contribution in [3.63, 3.8) is 0 Å². The average Bonchev–Trinajstić information content (AvgIpc) is 4.15. The summed E-state index contributed by atoms with van der Waals surface area (Å²) in [6, 6.07) is 44.9. The summed E-state index contributed by atoms with van der Waals surface area (Å²) in [4.78, 5) is 52.7. The van der Waals surface area contributed by atoms with Gasteiger partial charge in [-0.05, 0) is 87.3 Å². The number of hydrogen-bond acceptors (Lipinski definition) is 6. The van der Waals surface area contributed by atoms with E-state index in [1.54, 1.807) is 0 Å². The summed E-state index contributed by atoms with van der Waals surface area (Å²) in [7, 11) is 7.85. The number of nitrogens with zero attached hydrogens (tertiary/aromatic N) is 6. The highest BCUT2D eigenvalue weighted by atomic mass is 16.2. The molecule has 0 aliphatic carbocycles. The van der Waals surface area contributed by atoms with Gasteiger partial charge >= 0.3 is 0 Å². The zero-order chi connectivity index (χ0) is 42.7. The van der Waals surface area contributed by atoms with Gasteiger partial charge in [-0.2, -0.15) is 0 Å². The maximum Gasteiger partial charge on any atom is 0.245 e. The first kappa shape index (κ1) is 40.8. The Labute approximate surface area is 364 Å². The highest BCUT2D eigenvalue weighted by molar-refractivity contribution is 5.85. The Morgan fingerprint density at radius 3 is 1.15 bits per heavy atom. The molecule has 2 N–H and O–H groups in total. The van der Waals surface area contributed by atoms with Crippen molar-refractivity contribution in [3.8, 4) is 44.8 Å². The van der Waals surface area contributed by atoms with Gasteiger partial charge in [0.2, 0.25) is 11.8 Å². The average molecular weight is 823 g/mol. The molecule has 0 saturated carbocycles. The number of hydrogen-bond donors (Lipinski definition) is 2. The van der Waals surface area contributed by atoms with Crippen LogP contribution in [0.5, 0.6) is 0 Å². The minimum Gasteiger partial charge on any atom is -0.346 e. The Morgan fingerprint density at radius 1 is 0.500 bits per heavy atom. The van der Waals surface area contributed by atoms with Crippen LogP contribution < -0.4 is 0 Å². The number of imidazole rings is 2. The van der Waals surface area contributed by atoms with Crippen LogP contribution in [0.25, 0.3) is 44.8 Å². The van der Waals surface area contributed by atoms with E-state index >= 15 is 0 Å². The number of aromatic nitrogens is 4. The molecule has 2 saturated heterocycles. The number of likely N-dealkylation sites (N-methyl/N-ethyl adjacent to an activating group) is 2. The Hall–Kier alpha value is -6.62. The van der Waals surface area contributed by atoms with E-state index in [1.165, 1.54) is 0 Å². The van der Waals surface area contributed by atoms with Crippen molar-refractivity contribution in [1.29, 1.82) is 0 Å². The van der Waals surface area contributed by atoms with Crippen molar-refractivity contribution in [2.45, 2.75) is 49.9 Å². The van der Waals surface area contributed by atoms with Crippen LogP contribution in [0.4, 0.5) is 0 Å². The molecule has 0 spiro atoms. The van der Waals surface area contributed by atoms with E-state index in [-0.39, 0.29) is 36.0 Å². The lowest BCUT2D eigenvalue weighted by molar-refractivity contribution is -0.138. The van der Waals surface area contributed by atoms with Crippen molar-refractivity contribution < 1.29 is 9.59 Å². The summed E-state index contributed by atoms with van der Waals surface area (Å²) in [6.45, 7) is 1.44. The predicted molar refractivity (Wildman–Crippen MR) is 246 cm³/mol. The molecule has 2 amide bonds. The van der Waals surface area contributed by atoms with Crippen LogP contribution in [0.3, 0.4) is 0 Å². The third-order valence-corrected chi connectivity index (χ3v) is 12.5. The summed E-state index contributed by atoms with van der Waals surface area (Å²) >= 11 is 0. The molecule has 2 fully saturated rings. The van der Waals surface area contributed by atoms with Crippen molar-refractivity contribution in [1.82, 2.24) is 39.5 Å². The molecule has 5 aromatic carbocycles. The molecule has 0 bridgehead atoms. The molecular weight excluding hydrogens is 769 g/mol. The van der Waals surface area contributed by atoms with E-state index in [2.05, 4.69) is 82.8 Å². The maximum absolute atomic E-state index is 13.9. The molecule has 9 rings (SSSR count). The SMILES string of the molecule is CN(C)[C@@H](C(=O)N1CCC[C@H]1c1nc(-c2ccc(-c3ccc(-c4ccc(-c5c[nH]c([C@@H]6CCCN6C(=O)[C@@H](c6ccccc6)N(C)C)n5)cc4)cc3)cc2)c[nH]1)c1ccccc1. The molecular formula is C52H54N8O2. The van der Waals surface area contributed by atoms with Crippen LogP contribution >= 0.6 is 0 Å². The van der Waals surface area contributed by atoms with Crippen LogP contribution in [0, 0.1) is 0 Å².